The van der Waals surface area contributed by atoms with Gasteiger partial charge in [-0.15, -0.1) is 28.2 Å². The zero-order chi connectivity index (χ0) is 20.9. The summed E-state index contributed by atoms with van der Waals surface area (Å²) in [6.45, 7) is 1.99. The van der Waals surface area contributed by atoms with Crippen molar-refractivity contribution in [3.8, 4) is 5.69 Å². The van der Waals surface area contributed by atoms with Gasteiger partial charge in [-0.3, -0.25) is 4.79 Å². The molecule has 2 aromatic carbocycles. The minimum atomic E-state index is -0.161. The Kier molecular flexibility index (Phi) is 6.46. The maximum Gasteiger partial charge on any atom is 0.256 e. The molecular formula is C20H18N6OS3. The van der Waals surface area contributed by atoms with Gasteiger partial charge >= 0.3 is 0 Å². The first-order chi connectivity index (χ1) is 14.6. The van der Waals surface area contributed by atoms with E-state index in [-0.39, 0.29) is 5.91 Å². The van der Waals surface area contributed by atoms with Crippen LogP contribution < -0.4 is 5.32 Å². The summed E-state index contributed by atoms with van der Waals surface area (Å²) in [5, 5.41) is 18.5. The molecule has 30 heavy (non-hydrogen) atoms. The van der Waals surface area contributed by atoms with E-state index in [9.17, 15) is 4.79 Å². The van der Waals surface area contributed by atoms with E-state index in [2.05, 4.69) is 31.2 Å². The minimum absolute atomic E-state index is 0.161. The number of hydrogen-bond acceptors (Lipinski definition) is 8. The fraction of sp³-hybridized carbons (Fsp3) is 0.150. The molecule has 0 saturated heterocycles. The van der Waals surface area contributed by atoms with Crippen LogP contribution in [0.5, 0.6) is 0 Å². The van der Waals surface area contributed by atoms with Crippen molar-refractivity contribution >= 4 is 46.5 Å². The molecule has 0 unspecified atom stereocenters. The first-order valence-electron chi connectivity index (χ1n) is 9.01. The van der Waals surface area contributed by atoms with Gasteiger partial charge in [0.05, 0.1) is 22.0 Å². The number of thiazole rings is 1. The molecule has 0 saturated carbocycles. The molecule has 7 nitrogen and oxygen atoms in total. The van der Waals surface area contributed by atoms with Crippen LogP contribution in [0.3, 0.4) is 0 Å². The van der Waals surface area contributed by atoms with Crippen LogP contribution in [0.1, 0.15) is 21.1 Å². The Morgan fingerprint density at radius 3 is 2.87 bits per heavy atom. The summed E-state index contributed by atoms with van der Waals surface area (Å²) < 4.78 is 1.64. The first kappa shape index (κ1) is 20.6. The van der Waals surface area contributed by atoms with Crippen molar-refractivity contribution < 1.29 is 4.79 Å². The van der Waals surface area contributed by atoms with Gasteiger partial charge in [0.15, 0.2) is 0 Å². The Hall–Kier alpha value is -2.69. The summed E-state index contributed by atoms with van der Waals surface area (Å²) >= 11 is 4.69. The Bertz CT molecular complexity index is 1170. The molecule has 0 spiro atoms. The number of tetrazole rings is 1. The van der Waals surface area contributed by atoms with E-state index >= 15 is 0 Å². The molecule has 2 aromatic heterocycles. The van der Waals surface area contributed by atoms with Gasteiger partial charge in [-0.2, -0.15) is 4.68 Å². The lowest BCUT2D eigenvalue weighted by Gasteiger charge is -2.11. The fourth-order valence-corrected chi connectivity index (χ4v) is 4.88. The highest BCUT2D eigenvalue weighted by molar-refractivity contribution is 7.98. The highest BCUT2D eigenvalue weighted by atomic mass is 32.2. The molecule has 0 atom stereocenters. The van der Waals surface area contributed by atoms with Crippen LogP contribution in [-0.2, 0) is 5.75 Å². The summed E-state index contributed by atoms with van der Waals surface area (Å²) in [5.41, 5.74) is 3.11. The molecule has 1 amide bonds. The lowest BCUT2D eigenvalue weighted by Crippen LogP contribution is -2.13. The highest BCUT2D eigenvalue weighted by Gasteiger charge is 2.14. The van der Waals surface area contributed by atoms with Crippen LogP contribution in [0.25, 0.3) is 5.69 Å². The average Bonchev–Trinajstić information content (AvgIpc) is 3.41. The Balaban J connectivity index is 1.51. The van der Waals surface area contributed by atoms with E-state index in [1.165, 1.54) is 11.8 Å². The van der Waals surface area contributed by atoms with Gasteiger partial charge in [0.25, 0.3) is 5.91 Å². The van der Waals surface area contributed by atoms with E-state index in [1.807, 2.05) is 61.7 Å². The third kappa shape index (κ3) is 4.72. The van der Waals surface area contributed by atoms with Crippen molar-refractivity contribution in [2.75, 3.05) is 11.6 Å². The highest BCUT2D eigenvalue weighted by Crippen LogP contribution is 2.28. The van der Waals surface area contributed by atoms with E-state index in [1.54, 1.807) is 27.8 Å². The van der Waals surface area contributed by atoms with Crippen LogP contribution >= 0.6 is 34.9 Å². The van der Waals surface area contributed by atoms with Crippen LogP contribution in [0.4, 0.5) is 5.69 Å². The zero-order valence-corrected chi connectivity index (χ0v) is 18.7. The van der Waals surface area contributed by atoms with E-state index in [0.717, 1.165) is 27.0 Å². The summed E-state index contributed by atoms with van der Waals surface area (Å²) in [4.78, 5) is 18.4. The predicted octanol–water partition coefficient (Wildman–Crippen LogP) is 4.69. The largest absolute Gasteiger partial charge is 0.322 e. The predicted molar refractivity (Wildman–Crippen MR) is 122 cm³/mol. The third-order valence-corrected chi connectivity index (χ3v) is 6.70. The van der Waals surface area contributed by atoms with Gasteiger partial charge in [0.2, 0.25) is 5.16 Å². The summed E-state index contributed by atoms with van der Waals surface area (Å²) in [6, 6.07) is 15.1. The number of nitrogens with zero attached hydrogens (tertiary/aromatic N) is 5. The molecule has 0 fully saturated rings. The topological polar surface area (TPSA) is 85.6 Å². The average molecular weight is 455 g/mol. The lowest BCUT2D eigenvalue weighted by atomic mass is 10.2. The SMILES string of the molecule is CSc1nnnn1-c1cccc(NC(=O)c2ccccc2SCc2csc(C)n2)c1. The molecule has 0 radical (unpaired) electrons. The normalized spacial score (nSPS) is 10.9. The fourth-order valence-electron chi connectivity index (χ4n) is 2.79. The molecule has 0 aliphatic heterocycles. The van der Waals surface area contributed by atoms with E-state index in [0.29, 0.717) is 16.4 Å². The molecule has 0 aliphatic carbocycles. The van der Waals surface area contributed by atoms with Crippen molar-refractivity contribution in [3.63, 3.8) is 0 Å². The molecule has 1 N–H and O–H groups in total. The van der Waals surface area contributed by atoms with Crippen LogP contribution in [0.15, 0.2) is 64.0 Å². The number of carbonyl (C=O) groups excluding carboxylic acids is 1. The molecule has 0 bridgehead atoms. The first-order valence-corrected chi connectivity index (χ1v) is 12.1. The van der Waals surface area contributed by atoms with Crippen molar-refractivity contribution in [2.45, 2.75) is 22.7 Å². The second-order valence-corrected chi connectivity index (χ2v) is 9.08. The van der Waals surface area contributed by atoms with Gasteiger partial charge in [-0.25, -0.2) is 4.98 Å². The number of nitrogens with one attached hydrogen (secondary N) is 1. The number of hydrogen-bond donors (Lipinski definition) is 1. The maximum atomic E-state index is 13.0. The standard InChI is InChI=1S/C20H18N6OS3/c1-13-21-15(11-29-13)12-30-18-9-4-3-8-17(18)19(27)22-14-6-5-7-16(10-14)26-20(28-2)23-24-25-26/h3-11H,12H2,1-2H3,(H,22,27). The molecule has 4 aromatic rings. The van der Waals surface area contributed by atoms with Crippen molar-refractivity contribution in [1.82, 2.24) is 25.2 Å². The van der Waals surface area contributed by atoms with Gasteiger partial charge < -0.3 is 5.32 Å². The monoisotopic (exact) mass is 454 g/mol. The van der Waals surface area contributed by atoms with Crippen molar-refractivity contribution in [1.29, 1.82) is 0 Å². The quantitative estimate of drug-likeness (QED) is 0.405. The number of aryl methyl sites for hydroxylation is 1. The second-order valence-electron chi connectivity index (χ2n) is 6.22. The van der Waals surface area contributed by atoms with Gasteiger partial charge in [0, 0.05) is 21.7 Å². The molecule has 2 heterocycles. The van der Waals surface area contributed by atoms with E-state index in [4.69, 9.17) is 0 Å². The molecule has 0 aliphatic rings. The number of aromatic nitrogens is 5. The number of carbonyl (C=O) groups is 1. The van der Waals surface area contributed by atoms with Crippen LogP contribution in [-0.4, -0.2) is 37.4 Å². The number of rotatable bonds is 7. The van der Waals surface area contributed by atoms with Gasteiger partial charge in [0.1, 0.15) is 0 Å². The Labute approximate surface area is 186 Å². The summed E-state index contributed by atoms with van der Waals surface area (Å²) in [5.74, 6) is 0.562. The molecule has 4 rings (SSSR count). The Morgan fingerprint density at radius 2 is 2.07 bits per heavy atom. The Morgan fingerprint density at radius 1 is 1.20 bits per heavy atom. The maximum absolute atomic E-state index is 13.0. The van der Waals surface area contributed by atoms with Gasteiger partial charge in [-0.1, -0.05) is 30.0 Å². The number of amides is 1. The van der Waals surface area contributed by atoms with Crippen molar-refractivity contribution in [3.05, 3.63) is 70.2 Å². The molecule has 10 heteroatoms. The summed E-state index contributed by atoms with van der Waals surface area (Å²) in [6.07, 6.45) is 1.91. The number of anilines is 1. The van der Waals surface area contributed by atoms with Crippen LogP contribution in [0, 0.1) is 6.92 Å². The number of benzene rings is 2. The zero-order valence-electron chi connectivity index (χ0n) is 16.3. The lowest BCUT2D eigenvalue weighted by molar-refractivity contribution is 0.102. The molecule has 152 valence electrons. The minimum Gasteiger partial charge on any atom is -0.322 e. The second kappa shape index (κ2) is 9.41. The third-order valence-electron chi connectivity index (χ3n) is 4.15. The van der Waals surface area contributed by atoms with Crippen molar-refractivity contribution in [2.24, 2.45) is 0 Å². The van der Waals surface area contributed by atoms with Crippen LogP contribution in [0.2, 0.25) is 0 Å². The molecular weight excluding hydrogens is 436 g/mol. The van der Waals surface area contributed by atoms with Gasteiger partial charge in [-0.05, 0) is 53.9 Å². The smallest absolute Gasteiger partial charge is 0.256 e. The number of thioether (sulfide) groups is 2. The van der Waals surface area contributed by atoms with E-state index < -0.39 is 0 Å². The summed E-state index contributed by atoms with van der Waals surface area (Å²) in [7, 11) is 0.